The number of pyridine rings is 1. The summed E-state index contributed by atoms with van der Waals surface area (Å²) in [5, 5.41) is 4.54. The van der Waals surface area contributed by atoms with Crippen molar-refractivity contribution >= 4 is 54.6 Å². The van der Waals surface area contributed by atoms with Crippen molar-refractivity contribution in [3.63, 3.8) is 0 Å². The predicted molar refractivity (Wildman–Crippen MR) is 265 cm³/mol. The number of hydrogen-bond donors (Lipinski definition) is 0. The zero-order valence-corrected chi connectivity index (χ0v) is 38.7. The molecular formula is C59H43N5Pt. The van der Waals surface area contributed by atoms with Gasteiger partial charge in [-0.1, -0.05) is 158 Å². The van der Waals surface area contributed by atoms with E-state index in [1.54, 1.807) is 0 Å². The van der Waals surface area contributed by atoms with Crippen molar-refractivity contribution in [2.75, 3.05) is 0 Å². The number of aryl methyl sites for hydroxylation is 2. The van der Waals surface area contributed by atoms with Gasteiger partial charge in [0.2, 0.25) is 0 Å². The Balaban J connectivity index is 0.00000469. The maximum Gasteiger partial charge on any atom is 2.00 e. The van der Waals surface area contributed by atoms with E-state index in [4.69, 9.17) is 15.0 Å². The zero-order chi connectivity index (χ0) is 43.1. The van der Waals surface area contributed by atoms with Crippen LogP contribution in [0.3, 0.4) is 0 Å². The number of nitrogens with zero attached hydrogens (tertiary/aromatic N) is 5. The van der Waals surface area contributed by atoms with Crippen LogP contribution >= 0.6 is 0 Å². The van der Waals surface area contributed by atoms with E-state index in [2.05, 4.69) is 213 Å². The summed E-state index contributed by atoms with van der Waals surface area (Å²) in [5.74, 6) is 1.69. The molecular weight excluding hydrogens is 974 g/mol. The van der Waals surface area contributed by atoms with Crippen molar-refractivity contribution < 1.29 is 21.1 Å². The van der Waals surface area contributed by atoms with Gasteiger partial charge >= 0.3 is 21.1 Å². The number of rotatable bonds is 7. The van der Waals surface area contributed by atoms with E-state index in [0.717, 1.165) is 88.7 Å². The molecule has 0 spiro atoms. The molecule has 0 aliphatic heterocycles. The number of hydrogen-bond acceptors (Lipinski definition) is 2. The van der Waals surface area contributed by atoms with Gasteiger partial charge in [0.1, 0.15) is 11.6 Å². The summed E-state index contributed by atoms with van der Waals surface area (Å²) in [6, 6.07) is 68.9. The zero-order valence-electron chi connectivity index (χ0n) is 36.5. The fraction of sp³-hybridized carbons (Fsp3) is 0.0847. The second-order valence-electron chi connectivity index (χ2n) is 17.5. The molecule has 0 aliphatic rings. The summed E-state index contributed by atoms with van der Waals surface area (Å²) in [4.78, 5) is 15.9. The fourth-order valence-corrected chi connectivity index (χ4v) is 10.1. The minimum atomic E-state index is -0.361. The minimum Gasteiger partial charge on any atom is -0.656 e. The molecule has 0 atom stereocenters. The summed E-state index contributed by atoms with van der Waals surface area (Å²) >= 11 is 0. The van der Waals surface area contributed by atoms with E-state index in [9.17, 15) is 0 Å². The van der Waals surface area contributed by atoms with Crippen LogP contribution in [0.25, 0.3) is 99.8 Å². The van der Waals surface area contributed by atoms with E-state index in [1.807, 2.05) is 18.3 Å². The first-order valence-corrected chi connectivity index (χ1v) is 21.9. The van der Waals surface area contributed by atoms with Gasteiger partial charge in [0, 0.05) is 28.4 Å². The molecule has 0 saturated heterocycles. The molecule has 314 valence electrons. The topological polar surface area (TPSA) is 49.7 Å². The first-order chi connectivity index (χ1) is 31.3. The summed E-state index contributed by atoms with van der Waals surface area (Å²) in [5.41, 5.74) is 16.8. The van der Waals surface area contributed by atoms with Gasteiger partial charge in [-0.15, -0.1) is 34.8 Å². The van der Waals surface area contributed by atoms with Gasteiger partial charge in [0.05, 0.1) is 11.0 Å². The second kappa shape index (κ2) is 15.7. The van der Waals surface area contributed by atoms with E-state index in [0.29, 0.717) is 0 Å². The van der Waals surface area contributed by atoms with Gasteiger partial charge in [0.25, 0.3) is 0 Å². The standard InChI is InChI=1S/C59H43N5.Pt/c1-37-32-43(33-38(2)55(37)39-18-7-5-8-19-39)63-53-36-42(59(3,4)41-20-9-6-10-21-41)35-49(57(53)62-58(63)48-25-17-24-47-44-22-11-13-26-50(44)61-56(47)48)40-29-30-46-45-23-12-14-27-51(45)64(52(46)34-40)54-28-15-16-31-60-54;/h5-33,35-36H,1-4H3;/q-2;+2. The Morgan fingerprint density at radius 1 is 0.554 bits per heavy atom. The number of imidazole rings is 1. The van der Waals surface area contributed by atoms with Crippen LogP contribution in [0.2, 0.25) is 0 Å². The Morgan fingerprint density at radius 2 is 1.25 bits per heavy atom. The monoisotopic (exact) mass is 1020 g/mol. The summed E-state index contributed by atoms with van der Waals surface area (Å²) in [7, 11) is 0. The minimum absolute atomic E-state index is 0. The van der Waals surface area contributed by atoms with E-state index < -0.39 is 0 Å². The van der Waals surface area contributed by atoms with Crippen molar-refractivity contribution in [1.82, 2.24) is 24.1 Å². The molecule has 4 heterocycles. The molecule has 0 amide bonds. The quantitative estimate of drug-likeness (QED) is 0.150. The summed E-state index contributed by atoms with van der Waals surface area (Å²) < 4.78 is 4.62. The third-order valence-corrected chi connectivity index (χ3v) is 13.3. The van der Waals surface area contributed by atoms with Crippen LogP contribution in [-0.2, 0) is 26.5 Å². The van der Waals surface area contributed by atoms with Gasteiger partial charge < -0.3 is 9.55 Å². The Morgan fingerprint density at radius 3 is 2.02 bits per heavy atom. The van der Waals surface area contributed by atoms with Crippen LogP contribution in [0.1, 0.15) is 36.1 Å². The molecule has 0 N–H and O–H groups in total. The van der Waals surface area contributed by atoms with Gasteiger partial charge in [-0.05, 0) is 105 Å². The molecule has 12 aromatic rings. The van der Waals surface area contributed by atoms with Gasteiger partial charge in [-0.25, -0.2) is 9.97 Å². The molecule has 65 heavy (non-hydrogen) atoms. The van der Waals surface area contributed by atoms with Crippen LogP contribution in [0.5, 0.6) is 0 Å². The molecule has 0 unspecified atom stereocenters. The van der Waals surface area contributed by atoms with Crippen LogP contribution in [0, 0.1) is 19.9 Å². The first-order valence-electron chi connectivity index (χ1n) is 21.9. The Kier molecular flexibility index (Phi) is 9.79. The van der Waals surface area contributed by atoms with Gasteiger partial charge in [0.15, 0.2) is 0 Å². The molecule has 8 aromatic carbocycles. The molecule has 0 radical (unpaired) electrons. The van der Waals surface area contributed by atoms with E-state index >= 15 is 0 Å². The maximum atomic E-state index is 5.78. The molecule has 0 aliphatic carbocycles. The molecule has 4 aromatic heterocycles. The van der Waals surface area contributed by atoms with Crippen LogP contribution < -0.4 is 4.98 Å². The molecule has 0 bridgehead atoms. The van der Waals surface area contributed by atoms with Crippen molar-refractivity contribution in [2.45, 2.75) is 33.1 Å². The van der Waals surface area contributed by atoms with Gasteiger partial charge in [-0.3, -0.25) is 4.57 Å². The average Bonchev–Trinajstić information content (AvgIpc) is 4.02. The normalized spacial score (nSPS) is 11.9. The maximum absolute atomic E-state index is 5.78. The molecule has 0 fully saturated rings. The summed E-state index contributed by atoms with van der Waals surface area (Å²) in [6.07, 6.45) is 1.85. The van der Waals surface area contributed by atoms with Gasteiger partial charge in [-0.2, -0.15) is 0 Å². The van der Waals surface area contributed by atoms with Crippen molar-refractivity contribution in [3.8, 4) is 45.1 Å². The molecule has 6 heteroatoms. The van der Waals surface area contributed by atoms with Crippen molar-refractivity contribution in [3.05, 3.63) is 217 Å². The third kappa shape index (κ3) is 6.48. The smallest absolute Gasteiger partial charge is 0.656 e. The molecule has 12 rings (SSSR count). The second-order valence-corrected chi connectivity index (χ2v) is 17.5. The fourth-order valence-electron chi connectivity index (χ4n) is 10.1. The van der Waals surface area contributed by atoms with Crippen LogP contribution in [-0.4, -0.2) is 19.1 Å². The van der Waals surface area contributed by atoms with Crippen LogP contribution in [0.4, 0.5) is 0 Å². The largest absolute Gasteiger partial charge is 2.00 e. The Hall–Kier alpha value is -7.33. The molecule has 5 nitrogen and oxygen atoms in total. The first kappa shape index (κ1) is 40.4. The third-order valence-electron chi connectivity index (χ3n) is 13.3. The number of para-hydroxylation sites is 3. The van der Waals surface area contributed by atoms with Crippen molar-refractivity contribution in [1.29, 1.82) is 0 Å². The van der Waals surface area contributed by atoms with E-state index in [-0.39, 0.29) is 26.5 Å². The SMILES string of the molecule is Cc1cc(-n2c(-c3cccc4c3[n-]c3ccccc34)nc3c(-c4[c-]c5c(cc4)c4ccccc4n5-c4ccccn4)cc(C(C)(C)c4ccccc4)cc32)cc(C)c1-c1ccccc1.[Pt+2]. The number of fused-ring (bicyclic) bond motifs is 7. The molecule has 0 saturated carbocycles. The number of benzene rings is 8. The predicted octanol–water partition coefficient (Wildman–Crippen LogP) is 14.5. The Labute approximate surface area is 392 Å². The average molecular weight is 1020 g/mol. The van der Waals surface area contributed by atoms with Crippen molar-refractivity contribution in [2.24, 2.45) is 0 Å². The van der Waals surface area contributed by atoms with E-state index in [1.165, 1.54) is 33.4 Å². The van der Waals surface area contributed by atoms with Crippen LogP contribution in [0.15, 0.2) is 188 Å². The Bertz CT molecular complexity index is 3740. The summed E-state index contributed by atoms with van der Waals surface area (Å²) in [6.45, 7) is 9.10. The number of aromatic nitrogens is 5.